The van der Waals surface area contributed by atoms with Crippen molar-refractivity contribution < 1.29 is 5.11 Å². The average Bonchev–Trinajstić information content (AvgIpc) is 2.95. The van der Waals surface area contributed by atoms with Crippen LogP contribution in [0, 0.1) is 0 Å². The number of aromatic nitrogens is 4. The number of aliphatic hydroxyl groups is 1. The molecule has 2 aromatic rings. The molecular weight excluding hydrogens is 371 g/mol. The maximum atomic E-state index is 12.3. The van der Waals surface area contributed by atoms with Crippen LogP contribution in [0.25, 0.3) is 11.2 Å². The molecule has 1 aliphatic rings. The van der Waals surface area contributed by atoms with E-state index in [0.29, 0.717) is 17.7 Å². The topological polar surface area (TPSA) is 97.3 Å². The first-order valence-corrected chi connectivity index (χ1v) is 7.71. The molecule has 3 heterocycles. The lowest BCUT2D eigenvalue weighted by molar-refractivity contribution is 0.0925. The first-order chi connectivity index (χ1) is 11.0. The largest absolute Gasteiger partial charge is 0.390 e. The Labute approximate surface area is 157 Å². The minimum Gasteiger partial charge on any atom is -0.390 e. The van der Waals surface area contributed by atoms with Crippen molar-refractivity contribution in [3.63, 3.8) is 0 Å². The fraction of sp³-hybridized carbons (Fsp3) is 0.643. The van der Waals surface area contributed by atoms with Gasteiger partial charge >= 0.3 is 5.69 Å². The van der Waals surface area contributed by atoms with Crippen molar-refractivity contribution in [2.75, 3.05) is 32.7 Å². The van der Waals surface area contributed by atoms with E-state index in [4.69, 9.17) is 0 Å². The van der Waals surface area contributed by atoms with Gasteiger partial charge < -0.3 is 15.0 Å². The summed E-state index contributed by atoms with van der Waals surface area (Å²) < 4.78 is 4.03. The normalized spacial score (nSPS) is 16.3. The predicted molar refractivity (Wildman–Crippen MR) is 100 cm³/mol. The van der Waals surface area contributed by atoms with E-state index in [1.54, 1.807) is 11.6 Å². The Kier molecular flexibility index (Phi) is 7.63. The molecular formula is C14H24Cl2N6O3. The summed E-state index contributed by atoms with van der Waals surface area (Å²) in [5.41, 5.74) is -0.120. The highest BCUT2D eigenvalue weighted by molar-refractivity contribution is 5.85. The van der Waals surface area contributed by atoms with Gasteiger partial charge in [-0.25, -0.2) is 9.78 Å². The van der Waals surface area contributed by atoms with E-state index in [1.807, 2.05) is 0 Å². The molecule has 2 aromatic heterocycles. The molecule has 1 fully saturated rings. The van der Waals surface area contributed by atoms with Gasteiger partial charge in [-0.3, -0.25) is 18.8 Å². The molecule has 11 heteroatoms. The van der Waals surface area contributed by atoms with E-state index in [9.17, 15) is 14.7 Å². The van der Waals surface area contributed by atoms with Crippen molar-refractivity contribution in [2.45, 2.75) is 12.6 Å². The predicted octanol–water partition coefficient (Wildman–Crippen LogP) is -1.46. The van der Waals surface area contributed by atoms with Crippen molar-refractivity contribution in [3.8, 4) is 0 Å². The number of halogens is 2. The maximum Gasteiger partial charge on any atom is 0.332 e. The Morgan fingerprint density at radius 3 is 2.44 bits per heavy atom. The molecule has 3 rings (SSSR count). The number of hydrogen-bond donors (Lipinski definition) is 2. The number of piperazine rings is 1. The zero-order chi connectivity index (χ0) is 16.6. The van der Waals surface area contributed by atoms with Crippen LogP contribution in [0.15, 0.2) is 15.9 Å². The van der Waals surface area contributed by atoms with E-state index in [1.165, 1.54) is 17.9 Å². The second kappa shape index (κ2) is 8.81. The molecule has 0 radical (unpaired) electrons. The monoisotopic (exact) mass is 394 g/mol. The van der Waals surface area contributed by atoms with Gasteiger partial charge in [0.25, 0.3) is 5.56 Å². The maximum absolute atomic E-state index is 12.3. The third kappa shape index (κ3) is 4.24. The van der Waals surface area contributed by atoms with Gasteiger partial charge in [-0.05, 0) is 0 Å². The number of nitrogens with zero attached hydrogens (tertiary/aromatic N) is 5. The van der Waals surface area contributed by atoms with E-state index in [-0.39, 0.29) is 31.4 Å². The third-order valence-corrected chi connectivity index (χ3v) is 4.30. The van der Waals surface area contributed by atoms with E-state index in [2.05, 4.69) is 15.2 Å². The molecule has 0 saturated carbocycles. The zero-order valence-corrected chi connectivity index (χ0v) is 15.8. The number of aryl methyl sites for hydroxylation is 1. The Bertz CT molecular complexity index is 824. The lowest BCUT2D eigenvalue weighted by atomic mass is 10.2. The average molecular weight is 395 g/mol. The number of nitrogens with one attached hydrogen (secondary N) is 1. The molecule has 9 nitrogen and oxygen atoms in total. The molecule has 142 valence electrons. The second-order valence-electron chi connectivity index (χ2n) is 5.98. The fourth-order valence-corrected chi connectivity index (χ4v) is 3.01. The Morgan fingerprint density at radius 1 is 1.16 bits per heavy atom. The van der Waals surface area contributed by atoms with Crippen LogP contribution in [0.1, 0.15) is 0 Å². The van der Waals surface area contributed by atoms with Crippen LogP contribution < -0.4 is 16.6 Å². The van der Waals surface area contributed by atoms with Crippen LogP contribution in [-0.4, -0.2) is 67.5 Å². The SMILES string of the molecule is Cl.Cl.Cn1c(=O)c2c(ncn2CC(O)CN2CCNCC2)n(C)c1=O. The Morgan fingerprint density at radius 2 is 1.80 bits per heavy atom. The first-order valence-electron chi connectivity index (χ1n) is 7.71. The molecule has 1 saturated heterocycles. The quantitative estimate of drug-likeness (QED) is 0.657. The van der Waals surface area contributed by atoms with Gasteiger partial charge in [0.15, 0.2) is 11.2 Å². The molecule has 1 atom stereocenters. The van der Waals surface area contributed by atoms with Crippen LogP contribution in [0.4, 0.5) is 0 Å². The molecule has 0 aliphatic carbocycles. The lowest BCUT2D eigenvalue weighted by Crippen LogP contribution is -2.47. The smallest absolute Gasteiger partial charge is 0.332 e. The molecule has 2 N–H and O–H groups in total. The molecule has 0 bridgehead atoms. The summed E-state index contributed by atoms with van der Waals surface area (Å²) in [6, 6.07) is 0. The zero-order valence-electron chi connectivity index (χ0n) is 14.2. The van der Waals surface area contributed by atoms with Gasteiger partial charge in [-0.2, -0.15) is 0 Å². The van der Waals surface area contributed by atoms with Crippen molar-refractivity contribution in [1.29, 1.82) is 0 Å². The van der Waals surface area contributed by atoms with Crippen molar-refractivity contribution >= 4 is 36.0 Å². The molecule has 1 aliphatic heterocycles. The highest BCUT2D eigenvalue weighted by Gasteiger charge is 2.18. The van der Waals surface area contributed by atoms with Crippen LogP contribution in [-0.2, 0) is 20.6 Å². The number of aliphatic hydroxyl groups excluding tert-OH is 1. The van der Waals surface area contributed by atoms with Crippen LogP contribution in [0.3, 0.4) is 0 Å². The van der Waals surface area contributed by atoms with Crippen LogP contribution >= 0.6 is 24.8 Å². The van der Waals surface area contributed by atoms with Crippen molar-refractivity contribution in [2.24, 2.45) is 14.1 Å². The third-order valence-electron chi connectivity index (χ3n) is 4.30. The first kappa shape index (κ1) is 21.7. The molecule has 0 aromatic carbocycles. The molecule has 0 amide bonds. The highest BCUT2D eigenvalue weighted by Crippen LogP contribution is 2.07. The molecule has 25 heavy (non-hydrogen) atoms. The molecule has 1 unspecified atom stereocenters. The summed E-state index contributed by atoms with van der Waals surface area (Å²) in [5, 5.41) is 13.6. The number of rotatable bonds is 4. The van der Waals surface area contributed by atoms with Crippen LogP contribution in [0.2, 0.25) is 0 Å². The minimum atomic E-state index is -0.604. The van der Waals surface area contributed by atoms with Gasteiger partial charge in [0.1, 0.15) is 0 Å². The summed E-state index contributed by atoms with van der Waals surface area (Å²) in [4.78, 5) is 30.6. The van der Waals surface area contributed by atoms with Gasteiger partial charge in [0, 0.05) is 46.8 Å². The van der Waals surface area contributed by atoms with Crippen LogP contribution in [0.5, 0.6) is 0 Å². The van der Waals surface area contributed by atoms with Crippen molar-refractivity contribution in [1.82, 2.24) is 28.9 Å². The number of β-amino-alcohol motifs (C(OH)–C–C–N with tert-alkyl or cyclic N) is 1. The minimum absolute atomic E-state index is 0. The van der Waals surface area contributed by atoms with Gasteiger partial charge in [0.2, 0.25) is 0 Å². The second-order valence-corrected chi connectivity index (χ2v) is 5.98. The van der Waals surface area contributed by atoms with E-state index >= 15 is 0 Å². The highest BCUT2D eigenvalue weighted by atomic mass is 35.5. The number of imidazole rings is 1. The summed E-state index contributed by atoms with van der Waals surface area (Å²) in [6.07, 6.45) is 0.902. The number of hydrogen-bond acceptors (Lipinski definition) is 6. The summed E-state index contributed by atoms with van der Waals surface area (Å²) in [5.74, 6) is 0. The van der Waals surface area contributed by atoms with Gasteiger partial charge in [-0.1, -0.05) is 0 Å². The van der Waals surface area contributed by atoms with Gasteiger partial charge in [-0.15, -0.1) is 24.8 Å². The number of fused-ring (bicyclic) bond motifs is 1. The summed E-state index contributed by atoms with van der Waals surface area (Å²) >= 11 is 0. The van der Waals surface area contributed by atoms with Crippen molar-refractivity contribution in [3.05, 3.63) is 27.2 Å². The molecule has 0 spiro atoms. The van der Waals surface area contributed by atoms with E-state index < -0.39 is 17.4 Å². The van der Waals surface area contributed by atoms with E-state index in [0.717, 1.165) is 30.7 Å². The standard InChI is InChI=1S/C14H22N6O3.2ClH/c1-17-12-11(13(22)18(2)14(17)23)20(9-16-12)8-10(21)7-19-5-3-15-4-6-19;;/h9-10,15,21H,3-8H2,1-2H3;2*1H. The Balaban J connectivity index is 0.00000156. The summed E-state index contributed by atoms with van der Waals surface area (Å²) in [6.45, 7) is 4.46. The van der Waals surface area contributed by atoms with Gasteiger partial charge in [0.05, 0.1) is 19.0 Å². The Hall–Kier alpha value is -1.39. The fourth-order valence-electron chi connectivity index (χ4n) is 3.01. The lowest BCUT2D eigenvalue weighted by Gasteiger charge is -2.29. The summed E-state index contributed by atoms with van der Waals surface area (Å²) in [7, 11) is 3.03.